The minimum absolute atomic E-state index is 0.343. The molecule has 0 aromatic carbocycles. The minimum Gasteiger partial charge on any atom is -0.376 e. The van der Waals surface area contributed by atoms with E-state index in [1.165, 1.54) is 12.8 Å². The van der Waals surface area contributed by atoms with Gasteiger partial charge in [-0.15, -0.1) is 0 Å². The summed E-state index contributed by atoms with van der Waals surface area (Å²) in [5, 5.41) is 3.50. The van der Waals surface area contributed by atoms with Gasteiger partial charge in [0.15, 0.2) is 0 Å². The quantitative estimate of drug-likeness (QED) is 0.743. The lowest BCUT2D eigenvalue weighted by atomic mass is 9.98. The van der Waals surface area contributed by atoms with Crippen LogP contribution in [-0.4, -0.2) is 38.0 Å². The van der Waals surface area contributed by atoms with Gasteiger partial charge in [0, 0.05) is 19.3 Å². The summed E-state index contributed by atoms with van der Waals surface area (Å²) in [5.74, 6) is 0. The Morgan fingerprint density at radius 1 is 1.14 bits per heavy atom. The Balaban J connectivity index is 1.80. The Bertz CT molecular complexity index is 167. The molecule has 0 amide bonds. The first-order valence-electron chi connectivity index (χ1n) is 5.86. The van der Waals surface area contributed by atoms with Crippen molar-refractivity contribution < 1.29 is 9.47 Å². The van der Waals surface area contributed by atoms with Crippen molar-refractivity contribution in [1.29, 1.82) is 0 Å². The van der Waals surface area contributed by atoms with Crippen LogP contribution in [-0.2, 0) is 9.47 Å². The van der Waals surface area contributed by atoms with Gasteiger partial charge in [-0.1, -0.05) is 6.92 Å². The Morgan fingerprint density at radius 3 is 2.71 bits per heavy atom. The van der Waals surface area contributed by atoms with Gasteiger partial charge in [-0.2, -0.15) is 0 Å². The molecule has 2 rings (SSSR count). The molecular formula is C11H21NO2. The molecule has 0 aromatic heterocycles. The van der Waals surface area contributed by atoms with E-state index in [4.69, 9.17) is 9.47 Å². The van der Waals surface area contributed by atoms with Gasteiger partial charge in [0.05, 0.1) is 12.2 Å². The zero-order chi connectivity index (χ0) is 9.80. The highest BCUT2D eigenvalue weighted by Gasteiger charge is 2.31. The maximum Gasteiger partial charge on any atom is 0.0851 e. The lowest BCUT2D eigenvalue weighted by Crippen LogP contribution is -2.43. The normalized spacial score (nSPS) is 38.8. The van der Waals surface area contributed by atoms with Gasteiger partial charge in [0.2, 0.25) is 0 Å². The number of hydrogen-bond donors (Lipinski definition) is 1. The lowest BCUT2D eigenvalue weighted by molar-refractivity contribution is -0.0778. The van der Waals surface area contributed by atoms with Crippen LogP contribution in [0.5, 0.6) is 0 Å². The average molecular weight is 199 g/mol. The van der Waals surface area contributed by atoms with E-state index in [9.17, 15) is 0 Å². The Morgan fingerprint density at radius 2 is 2.00 bits per heavy atom. The molecule has 1 N–H and O–H groups in total. The molecule has 0 saturated carbocycles. The first kappa shape index (κ1) is 10.4. The van der Waals surface area contributed by atoms with Gasteiger partial charge in [-0.25, -0.2) is 0 Å². The van der Waals surface area contributed by atoms with Crippen LogP contribution < -0.4 is 5.32 Å². The van der Waals surface area contributed by atoms with E-state index in [-0.39, 0.29) is 0 Å². The zero-order valence-corrected chi connectivity index (χ0v) is 9.00. The van der Waals surface area contributed by atoms with Gasteiger partial charge in [-0.05, 0) is 32.2 Å². The third kappa shape index (κ3) is 2.47. The van der Waals surface area contributed by atoms with Crippen molar-refractivity contribution in [3.05, 3.63) is 0 Å². The van der Waals surface area contributed by atoms with Crippen LogP contribution in [0.15, 0.2) is 0 Å². The SMILES string of the molecule is CCNC1CCOC(C2CCCO2)C1. The van der Waals surface area contributed by atoms with E-state index in [2.05, 4.69) is 12.2 Å². The van der Waals surface area contributed by atoms with Crippen LogP contribution in [0.2, 0.25) is 0 Å². The number of nitrogens with one attached hydrogen (secondary N) is 1. The molecular weight excluding hydrogens is 178 g/mol. The molecule has 3 nitrogen and oxygen atoms in total. The molecule has 82 valence electrons. The van der Waals surface area contributed by atoms with Gasteiger partial charge in [0.1, 0.15) is 0 Å². The molecule has 2 saturated heterocycles. The highest BCUT2D eigenvalue weighted by molar-refractivity contribution is 4.83. The Kier molecular flexibility index (Phi) is 3.79. The maximum atomic E-state index is 5.77. The summed E-state index contributed by atoms with van der Waals surface area (Å²) in [6, 6.07) is 0.642. The van der Waals surface area contributed by atoms with Crippen LogP contribution in [0, 0.1) is 0 Å². The predicted molar refractivity (Wildman–Crippen MR) is 55.4 cm³/mol. The lowest BCUT2D eigenvalue weighted by Gasteiger charge is -2.32. The van der Waals surface area contributed by atoms with Crippen LogP contribution in [0.1, 0.15) is 32.6 Å². The van der Waals surface area contributed by atoms with E-state index >= 15 is 0 Å². The fourth-order valence-corrected chi connectivity index (χ4v) is 2.46. The largest absolute Gasteiger partial charge is 0.376 e. The molecule has 2 aliphatic rings. The van der Waals surface area contributed by atoms with Gasteiger partial charge < -0.3 is 14.8 Å². The summed E-state index contributed by atoms with van der Waals surface area (Å²) in [4.78, 5) is 0. The second-order valence-corrected chi connectivity index (χ2v) is 4.24. The molecule has 0 aliphatic carbocycles. The van der Waals surface area contributed by atoms with Crippen LogP contribution >= 0.6 is 0 Å². The van der Waals surface area contributed by atoms with Crippen LogP contribution in [0.25, 0.3) is 0 Å². The van der Waals surface area contributed by atoms with Crippen molar-refractivity contribution in [3.8, 4) is 0 Å². The molecule has 3 heteroatoms. The monoisotopic (exact) mass is 199 g/mol. The molecule has 2 aliphatic heterocycles. The number of hydrogen-bond acceptors (Lipinski definition) is 3. The van der Waals surface area contributed by atoms with Crippen molar-refractivity contribution in [2.24, 2.45) is 0 Å². The summed E-state index contributed by atoms with van der Waals surface area (Å²) >= 11 is 0. The van der Waals surface area contributed by atoms with Gasteiger partial charge in [-0.3, -0.25) is 0 Å². The first-order valence-corrected chi connectivity index (χ1v) is 5.86. The summed E-state index contributed by atoms with van der Waals surface area (Å²) in [6.07, 6.45) is 5.38. The highest BCUT2D eigenvalue weighted by atomic mass is 16.5. The average Bonchev–Trinajstić information content (AvgIpc) is 2.71. The standard InChI is InChI=1S/C11H21NO2/c1-2-12-9-5-7-14-11(8-9)10-4-3-6-13-10/h9-12H,2-8H2,1H3. The van der Waals surface area contributed by atoms with Crippen molar-refractivity contribution >= 4 is 0 Å². The minimum atomic E-state index is 0.343. The topological polar surface area (TPSA) is 30.5 Å². The van der Waals surface area contributed by atoms with E-state index < -0.39 is 0 Å². The fourth-order valence-electron chi connectivity index (χ4n) is 2.46. The fraction of sp³-hybridized carbons (Fsp3) is 1.00. The van der Waals surface area contributed by atoms with Crippen LogP contribution in [0.4, 0.5) is 0 Å². The van der Waals surface area contributed by atoms with E-state index in [0.717, 1.165) is 32.6 Å². The molecule has 0 aromatic rings. The zero-order valence-electron chi connectivity index (χ0n) is 9.00. The molecule has 0 bridgehead atoms. The molecule has 2 heterocycles. The van der Waals surface area contributed by atoms with Crippen molar-refractivity contribution in [2.45, 2.75) is 50.9 Å². The smallest absolute Gasteiger partial charge is 0.0851 e. The maximum absolute atomic E-state index is 5.77. The molecule has 0 spiro atoms. The van der Waals surface area contributed by atoms with Crippen LogP contribution in [0.3, 0.4) is 0 Å². The molecule has 3 atom stereocenters. The predicted octanol–water partition coefficient (Wildman–Crippen LogP) is 1.32. The summed E-state index contributed by atoms with van der Waals surface area (Å²) < 4.78 is 11.4. The highest BCUT2D eigenvalue weighted by Crippen LogP contribution is 2.24. The Labute approximate surface area is 86.2 Å². The summed E-state index contributed by atoms with van der Waals surface area (Å²) in [6.45, 7) is 5.04. The summed E-state index contributed by atoms with van der Waals surface area (Å²) in [7, 11) is 0. The van der Waals surface area contributed by atoms with E-state index in [0.29, 0.717) is 18.2 Å². The Hall–Kier alpha value is -0.120. The molecule has 14 heavy (non-hydrogen) atoms. The third-order valence-electron chi connectivity index (χ3n) is 3.19. The van der Waals surface area contributed by atoms with Crippen molar-refractivity contribution in [1.82, 2.24) is 5.32 Å². The number of ether oxygens (including phenoxy) is 2. The second-order valence-electron chi connectivity index (χ2n) is 4.24. The molecule has 0 radical (unpaired) electrons. The number of rotatable bonds is 3. The van der Waals surface area contributed by atoms with E-state index in [1.807, 2.05) is 0 Å². The first-order chi connectivity index (χ1) is 6.90. The van der Waals surface area contributed by atoms with Crippen molar-refractivity contribution in [2.75, 3.05) is 19.8 Å². The second kappa shape index (κ2) is 5.10. The van der Waals surface area contributed by atoms with E-state index in [1.54, 1.807) is 0 Å². The van der Waals surface area contributed by atoms with Gasteiger partial charge in [0.25, 0.3) is 0 Å². The van der Waals surface area contributed by atoms with Crippen molar-refractivity contribution in [3.63, 3.8) is 0 Å². The van der Waals surface area contributed by atoms with Gasteiger partial charge >= 0.3 is 0 Å². The molecule has 2 fully saturated rings. The summed E-state index contributed by atoms with van der Waals surface area (Å²) in [5.41, 5.74) is 0. The molecule has 3 unspecified atom stereocenters. The third-order valence-corrected chi connectivity index (χ3v) is 3.19.